The van der Waals surface area contributed by atoms with Gasteiger partial charge in [-0.25, -0.2) is 8.42 Å². The zero-order chi connectivity index (χ0) is 18.7. The minimum atomic E-state index is -3.50. The molecule has 1 aromatic heterocycles. The Kier molecular flexibility index (Phi) is 5.24. The monoisotopic (exact) mass is 374 g/mol. The van der Waals surface area contributed by atoms with Gasteiger partial charge in [0, 0.05) is 38.6 Å². The molecule has 1 saturated heterocycles. The normalized spacial score (nSPS) is 16.3. The van der Waals surface area contributed by atoms with E-state index in [0.717, 1.165) is 11.3 Å². The van der Waals surface area contributed by atoms with Crippen LogP contribution in [0.25, 0.3) is 6.08 Å². The Labute approximate surface area is 153 Å². The zero-order valence-corrected chi connectivity index (χ0v) is 15.7. The molecule has 0 saturated carbocycles. The molecule has 0 aliphatic carbocycles. The first-order valence-corrected chi connectivity index (χ1v) is 9.90. The van der Waals surface area contributed by atoms with E-state index >= 15 is 0 Å². The molecule has 8 heteroatoms. The summed E-state index contributed by atoms with van der Waals surface area (Å²) in [5, 5.41) is 5.41. The molecule has 0 spiro atoms. The summed E-state index contributed by atoms with van der Waals surface area (Å²) in [5.74, 6) is -0.120. The van der Waals surface area contributed by atoms with E-state index < -0.39 is 10.0 Å². The number of carbonyl (C=O) groups is 1. The summed E-state index contributed by atoms with van der Waals surface area (Å²) in [4.78, 5) is 14.3. The first-order chi connectivity index (χ1) is 12.4. The van der Waals surface area contributed by atoms with Crippen molar-refractivity contribution in [1.82, 2.24) is 19.0 Å². The third-order valence-corrected chi connectivity index (χ3v) is 5.90. The molecule has 1 aromatic carbocycles. The predicted octanol–water partition coefficient (Wildman–Crippen LogP) is 1.49. The van der Waals surface area contributed by atoms with E-state index in [1.807, 2.05) is 37.3 Å². The van der Waals surface area contributed by atoms with Gasteiger partial charge in [0.1, 0.15) is 5.69 Å². The molecule has 0 radical (unpaired) electrons. The van der Waals surface area contributed by atoms with Crippen molar-refractivity contribution >= 4 is 22.0 Å². The van der Waals surface area contributed by atoms with Crippen LogP contribution < -0.4 is 0 Å². The van der Waals surface area contributed by atoms with Crippen molar-refractivity contribution in [2.24, 2.45) is 7.05 Å². The van der Waals surface area contributed by atoms with Crippen molar-refractivity contribution in [2.75, 3.05) is 26.2 Å². The van der Waals surface area contributed by atoms with Gasteiger partial charge in [0.05, 0.1) is 5.69 Å². The molecule has 1 aliphatic rings. The maximum absolute atomic E-state index is 12.6. The average Bonchev–Trinajstić information content (AvgIpc) is 2.98. The summed E-state index contributed by atoms with van der Waals surface area (Å²) in [6.07, 6.45) is 1.59. The molecule has 2 heterocycles. The SMILES string of the molecule is Cc1cc(C(=O)N2CCN(S(=O)(=O)/C=C/c3ccccc3)CC2)n(C)n1. The fraction of sp³-hybridized carbons (Fsp3) is 0.333. The number of amides is 1. The molecule has 138 valence electrons. The fourth-order valence-corrected chi connectivity index (χ4v) is 4.11. The van der Waals surface area contributed by atoms with Crippen LogP contribution in [-0.4, -0.2) is 59.5 Å². The second kappa shape index (κ2) is 7.43. The highest BCUT2D eigenvalue weighted by molar-refractivity contribution is 7.92. The van der Waals surface area contributed by atoms with Gasteiger partial charge in [-0.2, -0.15) is 9.40 Å². The number of hydrogen-bond donors (Lipinski definition) is 0. The van der Waals surface area contributed by atoms with Crippen LogP contribution in [0.2, 0.25) is 0 Å². The lowest BCUT2D eigenvalue weighted by Crippen LogP contribution is -2.50. The van der Waals surface area contributed by atoms with E-state index in [9.17, 15) is 13.2 Å². The number of carbonyl (C=O) groups excluding carboxylic acids is 1. The first kappa shape index (κ1) is 18.3. The summed E-state index contributed by atoms with van der Waals surface area (Å²) in [6, 6.07) is 11.0. The summed E-state index contributed by atoms with van der Waals surface area (Å²) >= 11 is 0. The second-order valence-electron chi connectivity index (χ2n) is 6.24. The van der Waals surface area contributed by atoms with Crippen molar-refractivity contribution in [3.63, 3.8) is 0 Å². The van der Waals surface area contributed by atoms with E-state index in [2.05, 4.69) is 5.10 Å². The van der Waals surface area contributed by atoms with Gasteiger partial charge < -0.3 is 4.90 Å². The number of sulfonamides is 1. The quantitative estimate of drug-likeness (QED) is 0.813. The molecule has 7 nitrogen and oxygen atoms in total. The molecule has 1 aliphatic heterocycles. The van der Waals surface area contributed by atoms with Crippen LogP contribution in [0, 0.1) is 6.92 Å². The molecular formula is C18H22N4O3S. The largest absolute Gasteiger partial charge is 0.335 e. The summed E-state index contributed by atoms with van der Waals surface area (Å²) in [6.45, 7) is 3.12. The highest BCUT2D eigenvalue weighted by Gasteiger charge is 2.28. The van der Waals surface area contributed by atoms with Crippen molar-refractivity contribution < 1.29 is 13.2 Å². The molecule has 0 bridgehead atoms. The number of aryl methyl sites for hydroxylation is 2. The second-order valence-corrected chi connectivity index (χ2v) is 8.06. The molecule has 1 fully saturated rings. The van der Waals surface area contributed by atoms with Crippen molar-refractivity contribution in [2.45, 2.75) is 6.92 Å². The lowest BCUT2D eigenvalue weighted by molar-refractivity contribution is 0.0687. The third-order valence-electron chi connectivity index (χ3n) is 4.34. The van der Waals surface area contributed by atoms with Gasteiger partial charge in [0.15, 0.2) is 0 Å². The summed E-state index contributed by atoms with van der Waals surface area (Å²) in [5.41, 5.74) is 2.13. The standard InChI is InChI=1S/C18H22N4O3S/c1-15-14-17(20(2)19-15)18(23)21-9-11-22(12-10-21)26(24,25)13-8-16-6-4-3-5-7-16/h3-8,13-14H,9-12H2,1-2H3/b13-8+. The number of aromatic nitrogens is 2. The smallest absolute Gasteiger partial charge is 0.272 e. The van der Waals surface area contributed by atoms with Crippen molar-refractivity contribution in [3.8, 4) is 0 Å². The maximum Gasteiger partial charge on any atom is 0.272 e. The number of piperazine rings is 1. The maximum atomic E-state index is 12.6. The molecule has 26 heavy (non-hydrogen) atoms. The summed E-state index contributed by atoms with van der Waals surface area (Å²) < 4.78 is 27.9. The van der Waals surface area contributed by atoms with E-state index in [1.165, 1.54) is 9.71 Å². The minimum Gasteiger partial charge on any atom is -0.335 e. The van der Waals surface area contributed by atoms with E-state index in [-0.39, 0.29) is 19.0 Å². The van der Waals surface area contributed by atoms with E-state index in [0.29, 0.717) is 18.8 Å². The first-order valence-electron chi connectivity index (χ1n) is 8.40. The molecule has 0 N–H and O–H groups in total. The van der Waals surface area contributed by atoms with Crippen LogP contribution in [-0.2, 0) is 17.1 Å². The topological polar surface area (TPSA) is 75.5 Å². The number of hydrogen-bond acceptors (Lipinski definition) is 4. The fourth-order valence-electron chi connectivity index (χ4n) is 2.93. The van der Waals surface area contributed by atoms with Gasteiger partial charge in [-0.1, -0.05) is 30.3 Å². The van der Waals surface area contributed by atoms with Crippen LogP contribution in [0.5, 0.6) is 0 Å². The lowest BCUT2D eigenvalue weighted by atomic mass is 10.2. The number of benzene rings is 1. The van der Waals surface area contributed by atoms with E-state index in [1.54, 1.807) is 28.8 Å². The van der Waals surface area contributed by atoms with Crippen LogP contribution in [0.3, 0.4) is 0 Å². The van der Waals surface area contributed by atoms with Crippen LogP contribution in [0.15, 0.2) is 41.8 Å². The van der Waals surface area contributed by atoms with Crippen LogP contribution in [0.4, 0.5) is 0 Å². The van der Waals surface area contributed by atoms with Gasteiger partial charge in [0.2, 0.25) is 10.0 Å². The Hall–Kier alpha value is -2.45. The van der Waals surface area contributed by atoms with Gasteiger partial charge in [0.25, 0.3) is 5.91 Å². The van der Waals surface area contributed by atoms with Gasteiger partial charge in [-0.15, -0.1) is 0 Å². The predicted molar refractivity (Wildman–Crippen MR) is 99.8 cm³/mol. The van der Waals surface area contributed by atoms with Gasteiger partial charge >= 0.3 is 0 Å². The average molecular weight is 374 g/mol. The molecule has 2 aromatic rings. The van der Waals surface area contributed by atoms with Gasteiger partial charge in [-0.3, -0.25) is 9.48 Å². The molecule has 1 amide bonds. The Morgan fingerprint density at radius 2 is 1.77 bits per heavy atom. The molecule has 3 rings (SSSR count). The van der Waals surface area contributed by atoms with Crippen molar-refractivity contribution in [1.29, 1.82) is 0 Å². The third kappa shape index (κ3) is 4.03. The van der Waals surface area contributed by atoms with Crippen molar-refractivity contribution in [3.05, 3.63) is 58.8 Å². The van der Waals surface area contributed by atoms with E-state index in [4.69, 9.17) is 0 Å². The molecule has 0 atom stereocenters. The Morgan fingerprint density at radius 3 is 2.35 bits per heavy atom. The van der Waals surface area contributed by atoms with Crippen LogP contribution >= 0.6 is 0 Å². The molecular weight excluding hydrogens is 352 g/mol. The Balaban J connectivity index is 1.63. The number of rotatable bonds is 4. The Bertz CT molecular complexity index is 911. The highest BCUT2D eigenvalue weighted by atomic mass is 32.2. The molecule has 0 unspecified atom stereocenters. The van der Waals surface area contributed by atoms with Gasteiger partial charge in [-0.05, 0) is 24.6 Å². The minimum absolute atomic E-state index is 0.120. The lowest BCUT2D eigenvalue weighted by Gasteiger charge is -2.33. The highest BCUT2D eigenvalue weighted by Crippen LogP contribution is 2.14. The number of nitrogens with zero attached hydrogens (tertiary/aromatic N) is 4. The Morgan fingerprint density at radius 1 is 1.12 bits per heavy atom. The van der Waals surface area contributed by atoms with Crippen LogP contribution in [0.1, 0.15) is 21.7 Å². The zero-order valence-electron chi connectivity index (χ0n) is 14.9. The summed E-state index contributed by atoms with van der Waals surface area (Å²) in [7, 11) is -1.77.